The van der Waals surface area contributed by atoms with Gasteiger partial charge < -0.3 is 10.9 Å². The molecule has 0 unspecified atom stereocenters. The first-order valence-corrected chi connectivity index (χ1v) is 7.13. The second-order valence-corrected chi connectivity index (χ2v) is 5.58. The van der Waals surface area contributed by atoms with Crippen molar-refractivity contribution in [2.45, 2.75) is 24.9 Å². The lowest BCUT2D eigenvalue weighted by molar-refractivity contribution is -0.133. The summed E-state index contributed by atoms with van der Waals surface area (Å²) >= 11 is 1.04. The molecule has 2 rings (SSSR count). The summed E-state index contributed by atoms with van der Waals surface area (Å²) in [4.78, 5) is 10.5. The highest BCUT2D eigenvalue weighted by molar-refractivity contribution is 7.99. The molecule has 0 aliphatic rings. The Morgan fingerprint density at radius 3 is 2.55 bits per heavy atom. The summed E-state index contributed by atoms with van der Waals surface area (Å²) in [6.45, 7) is 4.25. The first-order valence-electron chi connectivity index (χ1n) is 6.14. The number of benzene rings is 1. The molecule has 2 aromatic rings. The molecular formula is C13H16N4O2S. The van der Waals surface area contributed by atoms with Crippen LogP contribution in [0.5, 0.6) is 0 Å². The highest BCUT2D eigenvalue weighted by Gasteiger charge is 2.13. The largest absolute Gasteiger partial charge is 0.481 e. The summed E-state index contributed by atoms with van der Waals surface area (Å²) in [7, 11) is 0. The molecule has 1 aromatic heterocycles. The standard InChI is InChI=1S/C13H16N4O2S/c1-8(2)9-3-5-10(6-4-9)12-15-16-13(17(12)14)20-7-11(18)19/h3-6,8H,7,14H2,1-2H3,(H,18,19). The smallest absolute Gasteiger partial charge is 0.313 e. The van der Waals surface area contributed by atoms with Gasteiger partial charge in [-0.3, -0.25) is 4.79 Å². The van der Waals surface area contributed by atoms with Crippen molar-refractivity contribution in [3.8, 4) is 11.4 Å². The Labute approximate surface area is 121 Å². The summed E-state index contributed by atoms with van der Waals surface area (Å²) in [5.74, 6) is 5.87. The molecule has 7 heteroatoms. The predicted octanol–water partition coefficient (Wildman–Crippen LogP) is 1.96. The Morgan fingerprint density at radius 2 is 2.00 bits per heavy atom. The number of carbonyl (C=O) groups is 1. The van der Waals surface area contributed by atoms with Gasteiger partial charge in [-0.15, -0.1) is 10.2 Å². The Hall–Kier alpha value is -2.02. The van der Waals surface area contributed by atoms with Crippen LogP contribution in [0.15, 0.2) is 29.4 Å². The van der Waals surface area contributed by atoms with E-state index in [1.54, 1.807) is 0 Å². The average molecular weight is 292 g/mol. The minimum absolute atomic E-state index is 0.0956. The molecule has 0 radical (unpaired) electrons. The van der Waals surface area contributed by atoms with Crippen LogP contribution >= 0.6 is 11.8 Å². The van der Waals surface area contributed by atoms with Crippen LogP contribution in [0.2, 0.25) is 0 Å². The fraction of sp³-hybridized carbons (Fsp3) is 0.308. The van der Waals surface area contributed by atoms with E-state index >= 15 is 0 Å². The van der Waals surface area contributed by atoms with Crippen LogP contribution in [-0.2, 0) is 4.79 Å². The van der Waals surface area contributed by atoms with E-state index in [0.717, 1.165) is 17.3 Å². The molecule has 3 N–H and O–H groups in total. The predicted molar refractivity (Wildman–Crippen MR) is 78.1 cm³/mol. The van der Waals surface area contributed by atoms with Crippen LogP contribution in [0.1, 0.15) is 25.3 Å². The highest BCUT2D eigenvalue weighted by atomic mass is 32.2. The van der Waals surface area contributed by atoms with E-state index in [2.05, 4.69) is 24.0 Å². The quantitative estimate of drug-likeness (QED) is 0.646. The Morgan fingerprint density at radius 1 is 1.35 bits per heavy atom. The van der Waals surface area contributed by atoms with Gasteiger partial charge >= 0.3 is 5.97 Å². The van der Waals surface area contributed by atoms with E-state index < -0.39 is 5.97 Å². The third-order valence-corrected chi connectivity index (χ3v) is 3.75. The molecule has 0 fully saturated rings. The second kappa shape index (κ2) is 5.96. The summed E-state index contributed by atoms with van der Waals surface area (Å²) in [6.07, 6.45) is 0. The fourth-order valence-electron chi connectivity index (χ4n) is 1.72. The summed E-state index contributed by atoms with van der Waals surface area (Å²) in [5.41, 5.74) is 2.09. The Bertz CT molecular complexity index is 607. The third kappa shape index (κ3) is 3.11. The number of nitrogen functional groups attached to an aromatic ring is 1. The average Bonchev–Trinajstić information content (AvgIpc) is 2.78. The van der Waals surface area contributed by atoms with Crippen molar-refractivity contribution in [3.05, 3.63) is 29.8 Å². The van der Waals surface area contributed by atoms with Gasteiger partial charge in [0.25, 0.3) is 0 Å². The number of aliphatic carboxylic acids is 1. The number of nitrogens with zero attached hydrogens (tertiary/aromatic N) is 3. The van der Waals surface area contributed by atoms with E-state index in [0.29, 0.717) is 16.9 Å². The van der Waals surface area contributed by atoms with Crippen LogP contribution in [0.25, 0.3) is 11.4 Å². The van der Waals surface area contributed by atoms with Crippen LogP contribution in [0.4, 0.5) is 0 Å². The monoisotopic (exact) mass is 292 g/mol. The molecule has 1 aromatic carbocycles. The molecule has 0 atom stereocenters. The highest BCUT2D eigenvalue weighted by Crippen LogP contribution is 2.23. The molecule has 6 nitrogen and oxygen atoms in total. The van der Waals surface area contributed by atoms with Crippen molar-refractivity contribution in [2.24, 2.45) is 0 Å². The topological polar surface area (TPSA) is 94.0 Å². The summed E-state index contributed by atoms with van der Waals surface area (Å²) < 4.78 is 1.32. The lowest BCUT2D eigenvalue weighted by Crippen LogP contribution is -2.12. The van der Waals surface area contributed by atoms with E-state index in [-0.39, 0.29) is 5.75 Å². The zero-order valence-corrected chi connectivity index (χ0v) is 12.1. The van der Waals surface area contributed by atoms with Crippen molar-refractivity contribution in [2.75, 3.05) is 11.6 Å². The van der Waals surface area contributed by atoms with E-state index in [1.807, 2.05) is 24.3 Å². The zero-order valence-electron chi connectivity index (χ0n) is 11.3. The maximum atomic E-state index is 10.5. The maximum Gasteiger partial charge on any atom is 0.313 e. The minimum Gasteiger partial charge on any atom is -0.481 e. The Kier molecular flexibility index (Phi) is 4.29. The maximum absolute atomic E-state index is 10.5. The van der Waals surface area contributed by atoms with Crippen LogP contribution in [0, 0.1) is 0 Å². The van der Waals surface area contributed by atoms with E-state index in [9.17, 15) is 4.79 Å². The minimum atomic E-state index is -0.916. The van der Waals surface area contributed by atoms with Gasteiger partial charge in [-0.05, 0) is 11.5 Å². The molecular weight excluding hydrogens is 276 g/mol. The lowest BCUT2D eigenvalue weighted by atomic mass is 10.0. The number of thioether (sulfide) groups is 1. The Balaban J connectivity index is 2.22. The number of carboxylic acid groups (broad SMARTS) is 1. The third-order valence-electron chi connectivity index (χ3n) is 2.82. The van der Waals surface area contributed by atoms with E-state index in [4.69, 9.17) is 10.9 Å². The van der Waals surface area contributed by atoms with Crippen LogP contribution in [0.3, 0.4) is 0 Å². The van der Waals surface area contributed by atoms with Gasteiger partial charge in [-0.2, -0.15) is 0 Å². The SMILES string of the molecule is CC(C)c1ccc(-c2nnc(SCC(=O)O)n2N)cc1. The summed E-state index contributed by atoms with van der Waals surface area (Å²) in [6, 6.07) is 7.93. The number of hydrogen-bond acceptors (Lipinski definition) is 5. The zero-order chi connectivity index (χ0) is 14.7. The van der Waals surface area contributed by atoms with Crippen molar-refractivity contribution < 1.29 is 9.90 Å². The number of carboxylic acids is 1. The molecule has 20 heavy (non-hydrogen) atoms. The van der Waals surface area contributed by atoms with Crippen molar-refractivity contribution >= 4 is 17.7 Å². The number of hydrogen-bond donors (Lipinski definition) is 2. The molecule has 0 bridgehead atoms. The molecule has 0 aliphatic heterocycles. The van der Waals surface area contributed by atoms with Crippen molar-refractivity contribution in [1.82, 2.24) is 14.9 Å². The fourth-order valence-corrected chi connectivity index (χ4v) is 2.29. The second-order valence-electron chi connectivity index (χ2n) is 4.64. The molecule has 0 saturated carbocycles. The van der Waals surface area contributed by atoms with Gasteiger partial charge in [-0.25, -0.2) is 4.68 Å². The van der Waals surface area contributed by atoms with Gasteiger partial charge in [0, 0.05) is 5.56 Å². The summed E-state index contributed by atoms with van der Waals surface area (Å²) in [5, 5.41) is 17.0. The normalized spacial score (nSPS) is 10.9. The molecule has 1 heterocycles. The first-order chi connectivity index (χ1) is 9.49. The van der Waals surface area contributed by atoms with Crippen molar-refractivity contribution in [3.63, 3.8) is 0 Å². The number of rotatable bonds is 5. The van der Waals surface area contributed by atoms with Crippen LogP contribution < -0.4 is 5.84 Å². The van der Waals surface area contributed by atoms with Gasteiger partial charge in [0.15, 0.2) is 5.82 Å². The molecule has 0 saturated heterocycles. The molecule has 0 spiro atoms. The molecule has 106 valence electrons. The lowest BCUT2D eigenvalue weighted by Gasteiger charge is -2.06. The van der Waals surface area contributed by atoms with Gasteiger partial charge in [0.05, 0.1) is 5.75 Å². The van der Waals surface area contributed by atoms with Gasteiger partial charge in [0.2, 0.25) is 5.16 Å². The molecule has 0 amide bonds. The van der Waals surface area contributed by atoms with Gasteiger partial charge in [0.1, 0.15) is 0 Å². The van der Waals surface area contributed by atoms with Crippen LogP contribution in [-0.4, -0.2) is 31.7 Å². The molecule has 0 aliphatic carbocycles. The first kappa shape index (κ1) is 14.4. The van der Waals surface area contributed by atoms with E-state index in [1.165, 1.54) is 10.2 Å². The number of nitrogens with two attached hydrogens (primary N) is 1. The van der Waals surface area contributed by atoms with Gasteiger partial charge in [-0.1, -0.05) is 49.9 Å². The number of aromatic nitrogens is 3. The van der Waals surface area contributed by atoms with Crippen molar-refractivity contribution in [1.29, 1.82) is 0 Å².